The fourth-order valence-electron chi connectivity index (χ4n) is 2.26. The van der Waals surface area contributed by atoms with Gasteiger partial charge in [0.15, 0.2) is 11.5 Å². The standard InChI is InChI=1S/C17H19Cl2NO4S/c1-20(25(21,22)13-5-6-14(18)15(19)11-13)9-8-12-4-7-16(23-2)17(10-12)24-3/h4-7,10-11H,8-9H2,1-3H3. The molecular weight excluding hydrogens is 385 g/mol. The van der Waals surface area contributed by atoms with Gasteiger partial charge >= 0.3 is 0 Å². The predicted octanol–water partition coefficient (Wildman–Crippen LogP) is 3.87. The average molecular weight is 404 g/mol. The number of methoxy groups -OCH3 is 2. The van der Waals surface area contributed by atoms with E-state index < -0.39 is 10.0 Å². The first-order valence-corrected chi connectivity index (χ1v) is 9.61. The Kier molecular flexibility index (Phi) is 6.57. The monoisotopic (exact) mass is 403 g/mol. The van der Waals surface area contributed by atoms with Crippen LogP contribution in [0.1, 0.15) is 5.56 Å². The molecule has 0 saturated carbocycles. The molecule has 0 spiro atoms. The van der Waals surface area contributed by atoms with Crippen LogP contribution in [0.5, 0.6) is 11.5 Å². The Balaban J connectivity index is 2.13. The van der Waals surface area contributed by atoms with Gasteiger partial charge in [-0.1, -0.05) is 29.3 Å². The van der Waals surface area contributed by atoms with Crippen molar-refractivity contribution >= 4 is 33.2 Å². The topological polar surface area (TPSA) is 55.8 Å². The molecule has 136 valence electrons. The van der Waals surface area contributed by atoms with E-state index in [0.717, 1.165) is 5.56 Å². The quantitative estimate of drug-likeness (QED) is 0.703. The largest absolute Gasteiger partial charge is 0.493 e. The van der Waals surface area contributed by atoms with E-state index in [0.29, 0.717) is 29.5 Å². The van der Waals surface area contributed by atoms with E-state index in [1.165, 1.54) is 29.6 Å². The van der Waals surface area contributed by atoms with Crippen molar-refractivity contribution in [3.05, 3.63) is 52.0 Å². The molecule has 0 aromatic heterocycles. The van der Waals surface area contributed by atoms with E-state index in [1.54, 1.807) is 20.3 Å². The Bertz CT molecular complexity index is 856. The van der Waals surface area contributed by atoms with E-state index in [4.69, 9.17) is 32.7 Å². The molecule has 0 bridgehead atoms. The molecule has 0 unspecified atom stereocenters. The molecule has 0 aliphatic heterocycles. The van der Waals surface area contributed by atoms with Crippen LogP contribution in [-0.4, -0.2) is 40.5 Å². The van der Waals surface area contributed by atoms with Gasteiger partial charge < -0.3 is 9.47 Å². The SMILES string of the molecule is COc1ccc(CCN(C)S(=O)(=O)c2ccc(Cl)c(Cl)c2)cc1OC. The van der Waals surface area contributed by atoms with Gasteiger partial charge in [0.1, 0.15) is 0 Å². The van der Waals surface area contributed by atoms with E-state index >= 15 is 0 Å². The van der Waals surface area contributed by atoms with Gasteiger partial charge in [-0.05, 0) is 42.3 Å². The van der Waals surface area contributed by atoms with Crippen molar-refractivity contribution in [3.8, 4) is 11.5 Å². The molecule has 0 amide bonds. The van der Waals surface area contributed by atoms with Crippen LogP contribution in [0.3, 0.4) is 0 Å². The number of rotatable bonds is 7. The lowest BCUT2D eigenvalue weighted by atomic mass is 10.1. The molecule has 0 fully saturated rings. The average Bonchev–Trinajstić information content (AvgIpc) is 2.61. The number of hydrogen-bond donors (Lipinski definition) is 0. The summed E-state index contributed by atoms with van der Waals surface area (Å²) in [5, 5.41) is 0.518. The molecule has 0 aliphatic carbocycles. The molecule has 2 rings (SSSR count). The first-order valence-electron chi connectivity index (χ1n) is 7.42. The zero-order chi connectivity index (χ0) is 18.6. The number of sulfonamides is 1. The molecule has 5 nitrogen and oxygen atoms in total. The summed E-state index contributed by atoms with van der Waals surface area (Å²) in [6, 6.07) is 9.77. The number of ether oxygens (including phenoxy) is 2. The van der Waals surface area contributed by atoms with E-state index in [1.807, 2.05) is 12.1 Å². The van der Waals surface area contributed by atoms with Gasteiger partial charge in [0.2, 0.25) is 10.0 Å². The van der Waals surface area contributed by atoms with Gasteiger partial charge in [0.25, 0.3) is 0 Å². The molecule has 25 heavy (non-hydrogen) atoms. The second kappa shape index (κ2) is 8.27. The summed E-state index contributed by atoms with van der Waals surface area (Å²) >= 11 is 11.8. The number of likely N-dealkylation sites (N-methyl/N-ethyl adjacent to an activating group) is 1. The lowest BCUT2D eigenvalue weighted by Gasteiger charge is -2.18. The molecule has 2 aromatic carbocycles. The third kappa shape index (κ3) is 4.58. The zero-order valence-electron chi connectivity index (χ0n) is 14.1. The smallest absolute Gasteiger partial charge is 0.242 e. The van der Waals surface area contributed by atoms with Crippen molar-refractivity contribution in [3.63, 3.8) is 0 Å². The van der Waals surface area contributed by atoms with Gasteiger partial charge in [-0.15, -0.1) is 0 Å². The lowest BCUT2D eigenvalue weighted by molar-refractivity contribution is 0.354. The van der Waals surface area contributed by atoms with Gasteiger partial charge in [-0.3, -0.25) is 0 Å². The summed E-state index contributed by atoms with van der Waals surface area (Å²) in [4.78, 5) is 0.108. The second-order valence-corrected chi connectivity index (χ2v) is 8.20. The van der Waals surface area contributed by atoms with Crippen LogP contribution in [0.15, 0.2) is 41.3 Å². The fourth-order valence-corrected chi connectivity index (χ4v) is 3.82. The molecule has 8 heteroatoms. The summed E-state index contributed by atoms with van der Waals surface area (Å²) in [5.41, 5.74) is 0.939. The minimum absolute atomic E-state index is 0.108. The highest BCUT2D eigenvalue weighted by Gasteiger charge is 2.21. The highest BCUT2D eigenvalue weighted by Crippen LogP contribution is 2.28. The molecule has 0 N–H and O–H groups in total. The molecule has 0 atom stereocenters. The molecule has 0 heterocycles. The highest BCUT2D eigenvalue weighted by molar-refractivity contribution is 7.89. The maximum absolute atomic E-state index is 12.6. The number of nitrogens with zero attached hydrogens (tertiary/aromatic N) is 1. The summed E-state index contributed by atoms with van der Waals surface area (Å²) in [6.07, 6.45) is 0.525. The van der Waals surface area contributed by atoms with Crippen LogP contribution in [0.4, 0.5) is 0 Å². The third-order valence-corrected chi connectivity index (χ3v) is 6.35. The van der Waals surface area contributed by atoms with Crippen molar-refractivity contribution in [2.75, 3.05) is 27.8 Å². The molecule has 0 saturated heterocycles. The summed E-state index contributed by atoms with van der Waals surface area (Å²) in [7, 11) is 1.01. The van der Waals surface area contributed by atoms with E-state index in [-0.39, 0.29) is 9.92 Å². The van der Waals surface area contributed by atoms with Crippen molar-refractivity contribution in [2.24, 2.45) is 0 Å². The van der Waals surface area contributed by atoms with Gasteiger partial charge in [-0.2, -0.15) is 0 Å². The van der Waals surface area contributed by atoms with E-state index in [9.17, 15) is 8.42 Å². The Labute approximate surface area is 158 Å². The highest BCUT2D eigenvalue weighted by atomic mass is 35.5. The van der Waals surface area contributed by atoms with Crippen molar-refractivity contribution in [1.82, 2.24) is 4.31 Å². The van der Waals surface area contributed by atoms with Crippen molar-refractivity contribution < 1.29 is 17.9 Å². The maximum atomic E-state index is 12.6. The maximum Gasteiger partial charge on any atom is 0.242 e. The van der Waals surface area contributed by atoms with E-state index in [2.05, 4.69) is 0 Å². The van der Waals surface area contributed by atoms with Crippen LogP contribution in [0, 0.1) is 0 Å². The molecule has 2 aromatic rings. The number of halogens is 2. The first kappa shape index (κ1) is 19.8. The third-order valence-electron chi connectivity index (χ3n) is 3.76. The molecular formula is C17H19Cl2NO4S. The second-order valence-electron chi connectivity index (χ2n) is 5.34. The number of benzene rings is 2. The van der Waals surface area contributed by atoms with Gasteiger partial charge in [0.05, 0.1) is 29.2 Å². The normalized spacial score (nSPS) is 11.6. The minimum Gasteiger partial charge on any atom is -0.493 e. The van der Waals surface area contributed by atoms with Gasteiger partial charge in [0, 0.05) is 13.6 Å². The molecule has 0 radical (unpaired) electrons. The Morgan fingerprint density at radius 1 is 0.960 bits per heavy atom. The van der Waals surface area contributed by atoms with Crippen LogP contribution in [0.2, 0.25) is 10.0 Å². The van der Waals surface area contributed by atoms with Crippen LogP contribution >= 0.6 is 23.2 Å². The van der Waals surface area contributed by atoms with Crippen molar-refractivity contribution in [1.29, 1.82) is 0 Å². The molecule has 0 aliphatic rings. The zero-order valence-corrected chi connectivity index (χ0v) is 16.5. The fraction of sp³-hybridized carbons (Fsp3) is 0.294. The number of hydrogen-bond acceptors (Lipinski definition) is 4. The Hall–Kier alpha value is -1.47. The summed E-state index contributed by atoms with van der Waals surface area (Å²) < 4.78 is 37.0. The van der Waals surface area contributed by atoms with Crippen LogP contribution < -0.4 is 9.47 Å². The van der Waals surface area contributed by atoms with Crippen LogP contribution in [-0.2, 0) is 16.4 Å². The predicted molar refractivity (Wildman–Crippen MR) is 99.5 cm³/mol. The Morgan fingerprint density at radius 3 is 2.24 bits per heavy atom. The van der Waals surface area contributed by atoms with Crippen molar-refractivity contribution in [2.45, 2.75) is 11.3 Å². The summed E-state index contributed by atoms with van der Waals surface area (Å²) in [5.74, 6) is 1.23. The first-order chi connectivity index (χ1) is 11.8. The lowest BCUT2D eigenvalue weighted by Crippen LogP contribution is -2.29. The van der Waals surface area contributed by atoms with Gasteiger partial charge in [-0.25, -0.2) is 12.7 Å². The van der Waals surface area contributed by atoms with Crippen LogP contribution in [0.25, 0.3) is 0 Å². The Morgan fingerprint density at radius 2 is 1.64 bits per heavy atom. The summed E-state index contributed by atoms with van der Waals surface area (Å²) in [6.45, 7) is 0.304. The minimum atomic E-state index is -3.64.